The highest BCUT2D eigenvalue weighted by molar-refractivity contribution is 7.81. The Morgan fingerprint density at radius 2 is 2.07 bits per heavy atom. The van der Waals surface area contributed by atoms with E-state index in [-0.39, 0.29) is 0 Å². The fourth-order valence-corrected chi connectivity index (χ4v) is 1.51. The number of rotatable bonds is 1. The van der Waals surface area contributed by atoms with Crippen LogP contribution in [0.2, 0.25) is 0 Å². The van der Waals surface area contributed by atoms with Crippen molar-refractivity contribution in [1.29, 1.82) is 0 Å². The van der Waals surface area contributed by atoms with Gasteiger partial charge in [-0.3, -0.25) is 5.32 Å². The first-order valence-electron chi connectivity index (χ1n) is 4.39. The first kappa shape index (κ1) is 12.3. The molecule has 6 heteroatoms. The Morgan fingerprint density at radius 3 is 2.47 bits per heavy atom. The van der Waals surface area contributed by atoms with E-state index in [0.29, 0.717) is 15.7 Å². The molecule has 1 heterocycles. The Bertz CT molecular complexity index is 369. The van der Waals surface area contributed by atoms with Crippen LogP contribution in [0.3, 0.4) is 0 Å². The summed E-state index contributed by atoms with van der Waals surface area (Å²) in [5, 5.41) is 3.75. The van der Waals surface area contributed by atoms with Crippen LogP contribution in [0.4, 0.5) is 10.5 Å². The molecule has 0 aliphatic carbocycles. The highest BCUT2D eigenvalue weighted by atomic mass is 32.1. The number of carbonyl (C=O) groups excluding carboxylic acids is 1. The van der Waals surface area contributed by atoms with Gasteiger partial charge in [0.25, 0.3) is 0 Å². The molecule has 0 fully saturated rings. The van der Waals surface area contributed by atoms with Crippen LogP contribution in [0.15, 0.2) is 16.1 Å². The molecule has 0 bridgehead atoms. The molecule has 4 nitrogen and oxygen atoms in total. The Kier molecular flexibility index (Phi) is 3.62. The normalized spacial score (nSPS) is 11.3. The summed E-state index contributed by atoms with van der Waals surface area (Å²) in [5.74, 6) is 0. The summed E-state index contributed by atoms with van der Waals surface area (Å²) in [6, 6.07) is 1.66. The molecule has 0 aromatic carbocycles. The number of thiol groups is 2. The van der Waals surface area contributed by atoms with Gasteiger partial charge in [-0.1, -0.05) is 0 Å². The van der Waals surface area contributed by atoms with Crippen LogP contribution in [-0.4, -0.2) is 16.7 Å². The van der Waals surface area contributed by atoms with Crippen molar-refractivity contribution in [3.63, 3.8) is 0 Å². The molecule has 1 rings (SSSR count). The molecular formula is C9H14N2O2S2. The van der Waals surface area contributed by atoms with Crippen molar-refractivity contribution in [3.8, 4) is 0 Å². The van der Waals surface area contributed by atoms with Crippen molar-refractivity contribution in [3.05, 3.63) is 6.07 Å². The molecule has 0 unspecified atom stereocenters. The molecule has 1 aromatic heterocycles. The number of amides is 1. The summed E-state index contributed by atoms with van der Waals surface area (Å²) in [4.78, 5) is 14.2. The highest BCUT2D eigenvalue weighted by Crippen LogP contribution is 2.23. The van der Waals surface area contributed by atoms with Gasteiger partial charge in [0.05, 0.1) is 15.7 Å². The largest absolute Gasteiger partial charge is 0.444 e. The first-order chi connectivity index (χ1) is 6.78. The number of hydrogen-bond acceptors (Lipinski definition) is 4. The predicted molar refractivity (Wildman–Crippen MR) is 65.2 cm³/mol. The van der Waals surface area contributed by atoms with E-state index in [9.17, 15) is 4.79 Å². The maximum absolute atomic E-state index is 11.4. The lowest BCUT2D eigenvalue weighted by atomic mass is 10.2. The van der Waals surface area contributed by atoms with Gasteiger partial charge >= 0.3 is 6.09 Å². The minimum Gasteiger partial charge on any atom is -0.444 e. The van der Waals surface area contributed by atoms with Crippen LogP contribution in [0, 0.1) is 0 Å². The van der Waals surface area contributed by atoms with Crippen LogP contribution in [0.1, 0.15) is 20.8 Å². The third-order valence-electron chi connectivity index (χ3n) is 1.42. The fraction of sp³-hybridized carbons (Fsp3) is 0.444. The summed E-state index contributed by atoms with van der Waals surface area (Å²) in [6.45, 7) is 5.40. The monoisotopic (exact) mass is 246 g/mol. The Labute approximate surface area is 99.6 Å². The summed E-state index contributed by atoms with van der Waals surface area (Å²) >= 11 is 8.22. The summed E-state index contributed by atoms with van der Waals surface area (Å²) in [6.07, 6.45) is -0.509. The average molecular weight is 246 g/mol. The van der Waals surface area contributed by atoms with E-state index >= 15 is 0 Å². The number of anilines is 1. The molecule has 2 N–H and O–H groups in total. The zero-order chi connectivity index (χ0) is 11.6. The topological polar surface area (TPSA) is 54.1 Å². The van der Waals surface area contributed by atoms with Crippen molar-refractivity contribution in [2.75, 3.05) is 5.32 Å². The van der Waals surface area contributed by atoms with Gasteiger partial charge in [-0.2, -0.15) is 0 Å². The molecule has 0 spiro atoms. The molecule has 1 aromatic rings. The molecular weight excluding hydrogens is 232 g/mol. The van der Waals surface area contributed by atoms with Crippen LogP contribution < -0.4 is 5.32 Å². The number of carbonyl (C=O) groups is 1. The lowest BCUT2D eigenvalue weighted by molar-refractivity contribution is 0.0635. The van der Waals surface area contributed by atoms with Crippen LogP contribution in [0.5, 0.6) is 0 Å². The van der Waals surface area contributed by atoms with Crippen LogP contribution >= 0.6 is 25.3 Å². The molecule has 0 saturated carbocycles. The number of aromatic nitrogens is 1. The SMILES string of the molecule is CC(C)(C)OC(=O)Nc1cc(S)[nH]c1S. The quantitative estimate of drug-likeness (QED) is 0.576. The van der Waals surface area contributed by atoms with Crippen LogP contribution in [0.25, 0.3) is 0 Å². The van der Waals surface area contributed by atoms with Crippen molar-refractivity contribution in [2.24, 2.45) is 0 Å². The van der Waals surface area contributed by atoms with Gasteiger partial charge in [0.1, 0.15) is 5.60 Å². The van der Waals surface area contributed by atoms with Crippen molar-refractivity contribution < 1.29 is 9.53 Å². The minimum atomic E-state index is -0.513. The third-order valence-corrected chi connectivity index (χ3v) is 2.01. The smallest absolute Gasteiger partial charge is 0.412 e. The molecule has 0 saturated heterocycles. The van der Waals surface area contributed by atoms with Crippen molar-refractivity contribution >= 4 is 37.0 Å². The van der Waals surface area contributed by atoms with E-state index in [2.05, 4.69) is 35.6 Å². The second-order valence-corrected chi connectivity index (χ2v) is 4.97. The van der Waals surface area contributed by atoms with Gasteiger partial charge < -0.3 is 9.72 Å². The molecule has 84 valence electrons. The second kappa shape index (κ2) is 4.40. The third kappa shape index (κ3) is 4.09. The van der Waals surface area contributed by atoms with Gasteiger partial charge in [0.15, 0.2) is 0 Å². The Hall–Kier alpha value is -0.750. The van der Waals surface area contributed by atoms with Crippen LogP contribution in [-0.2, 0) is 4.74 Å². The van der Waals surface area contributed by atoms with E-state index in [1.165, 1.54) is 0 Å². The molecule has 15 heavy (non-hydrogen) atoms. The van der Waals surface area contributed by atoms with E-state index < -0.39 is 11.7 Å². The maximum atomic E-state index is 11.4. The number of aromatic amines is 1. The van der Waals surface area contributed by atoms with Gasteiger partial charge in [0, 0.05) is 0 Å². The van der Waals surface area contributed by atoms with E-state index in [0.717, 1.165) is 0 Å². The van der Waals surface area contributed by atoms with E-state index in [4.69, 9.17) is 4.74 Å². The van der Waals surface area contributed by atoms with E-state index in [1.807, 2.05) is 0 Å². The Balaban J connectivity index is 2.63. The van der Waals surface area contributed by atoms with Gasteiger partial charge in [0.2, 0.25) is 0 Å². The van der Waals surface area contributed by atoms with E-state index in [1.54, 1.807) is 26.8 Å². The second-order valence-electron chi connectivity index (χ2n) is 4.04. The number of nitrogens with one attached hydrogen (secondary N) is 2. The molecule has 0 aliphatic heterocycles. The lowest BCUT2D eigenvalue weighted by Gasteiger charge is -2.19. The van der Waals surface area contributed by atoms with Gasteiger partial charge in [-0.05, 0) is 26.8 Å². The molecule has 0 atom stereocenters. The molecule has 1 amide bonds. The standard InChI is InChI=1S/C9H14N2O2S2/c1-9(2,3)13-8(12)10-5-4-6(14)11-7(5)15/h4,11,14-15H,1-3H3,(H,10,12). The summed E-state index contributed by atoms with van der Waals surface area (Å²) in [5.41, 5.74) is 0.0404. The summed E-state index contributed by atoms with van der Waals surface area (Å²) < 4.78 is 5.08. The zero-order valence-corrected chi connectivity index (χ0v) is 10.6. The van der Waals surface area contributed by atoms with Gasteiger partial charge in [-0.25, -0.2) is 4.79 Å². The lowest BCUT2D eigenvalue weighted by Crippen LogP contribution is -2.27. The molecule has 0 aliphatic rings. The Morgan fingerprint density at radius 1 is 1.47 bits per heavy atom. The average Bonchev–Trinajstić information content (AvgIpc) is 2.25. The number of H-pyrrole nitrogens is 1. The molecule has 0 radical (unpaired) electrons. The number of hydrogen-bond donors (Lipinski definition) is 4. The van der Waals surface area contributed by atoms with Crippen molar-refractivity contribution in [2.45, 2.75) is 36.4 Å². The van der Waals surface area contributed by atoms with Gasteiger partial charge in [-0.15, -0.1) is 25.3 Å². The predicted octanol–water partition coefficient (Wildman–Crippen LogP) is 2.94. The fourth-order valence-electron chi connectivity index (χ4n) is 0.939. The highest BCUT2D eigenvalue weighted by Gasteiger charge is 2.17. The first-order valence-corrected chi connectivity index (χ1v) is 5.28. The zero-order valence-electron chi connectivity index (χ0n) is 8.79. The maximum Gasteiger partial charge on any atom is 0.412 e. The van der Waals surface area contributed by atoms with Crippen molar-refractivity contribution in [1.82, 2.24) is 4.98 Å². The number of ether oxygens (including phenoxy) is 1. The summed E-state index contributed by atoms with van der Waals surface area (Å²) in [7, 11) is 0. The minimum absolute atomic E-state index is 0.509.